The first-order valence-corrected chi connectivity index (χ1v) is 8.02. The molecule has 0 saturated heterocycles. The summed E-state index contributed by atoms with van der Waals surface area (Å²) >= 11 is 0. The molecule has 4 heteroatoms. The maximum atomic E-state index is 10.3. The molecule has 1 aliphatic carbocycles. The molecule has 1 aromatic rings. The summed E-state index contributed by atoms with van der Waals surface area (Å²) in [6.45, 7) is 7.82. The van der Waals surface area contributed by atoms with Crippen LogP contribution in [0.25, 0.3) is 0 Å². The Kier molecular flexibility index (Phi) is 5.85. The standard InChI is InChI=1S/C17H29NO3/c1-17(2,3)21-13-15(19)11-18(14-7-4-5-8-14)12-16-9-6-10-20-16/h6,9-10,14-15,19H,4-5,7-8,11-13H2,1-3H3. The summed E-state index contributed by atoms with van der Waals surface area (Å²) in [5.74, 6) is 0.964. The third-order valence-electron chi connectivity index (χ3n) is 3.93. The minimum atomic E-state index is -0.459. The summed E-state index contributed by atoms with van der Waals surface area (Å²) in [5.41, 5.74) is -0.208. The van der Waals surface area contributed by atoms with Gasteiger partial charge in [-0.15, -0.1) is 0 Å². The lowest BCUT2D eigenvalue weighted by molar-refractivity contribution is -0.0599. The van der Waals surface area contributed by atoms with E-state index in [9.17, 15) is 5.11 Å². The van der Waals surface area contributed by atoms with Crippen molar-refractivity contribution < 1.29 is 14.3 Å². The Labute approximate surface area is 128 Å². The minimum Gasteiger partial charge on any atom is -0.468 e. The zero-order chi connectivity index (χ0) is 15.3. The number of furan rings is 1. The minimum absolute atomic E-state index is 0.208. The summed E-state index contributed by atoms with van der Waals surface area (Å²) in [6, 6.07) is 4.47. The van der Waals surface area contributed by atoms with E-state index >= 15 is 0 Å². The average molecular weight is 295 g/mol. The molecule has 21 heavy (non-hydrogen) atoms. The van der Waals surface area contributed by atoms with Gasteiger partial charge in [0.1, 0.15) is 5.76 Å². The fourth-order valence-electron chi connectivity index (χ4n) is 2.88. The van der Waals surface area contributed by atoms with Gasteiger partial charge in [-0.2, -0.15) is 0 Å². The molecule has 0 radical (unpaired) electrons. The van der Waals surface area contributed by atoms with Crippen molar-refractivity contribution in [1.29, 1.82) is 0 Å². The van der Waals surface area contributed by atoms with Crippen LogP contribution in [0, 0.1) is 0 Å². The van der Waals surface area contributed by atoms with Gasteiger partial charge in [0.2, 0.25) is 0 Å². The van der Waals surface area contributed by atoms with Crippen LogP contribution >= 0.6 is 0 Å². The molecule has 0 spiro atoms. The van der Waals surface area contributed by atoms with Gasteiger partial charge >= 0.3 is 0 Å². The Morgan fingerprint density at radius 1 is 1.38 bits per heavy atom. The van der Waals surface area contributed by atoms with Crippen LogP contribution in [0.5, 0.6) is 0 Å². The number of rotatable bonds is 7. The third kappa shape index (κ3) is 5.81. The molecule has 1 heterocycles. The molecule has 1 aliphatic rings. The predicted molar refractivity (Wildman–Crippen MR) is 83.1 cm³/mol. The summed E-state index contributed by atoms with van der Waals surface area (Å²) in [5, 5.41) is 10.3. The van der Waals surface area contributed by atoms with Gasteiger partial charge in [0.15, 0.2) is 0 Å². The van der Waals surface area contributed by atoms with E-state index in [0.29, 0.717) is 19.2 Å². The van der Waals surface area contributed by atoms with E-state index in [4.69, 9.17) is 9.15 Å². The van der Waals surface area contributed by atoms with E-state index in [2.05, 4.69) is 4.90 Å². The van der Waals surface area contributed by atoms with Crippen molar-refractivity contribution in [3.05, 3.63) is 24.2 Å². The van der Waals surface area contributed by atoms with Crippen LogP contribution in [-0.2, 0) is 11.3 Å². The average Bonchev–Trinajstić information content (AvgIpc) is 3.07. The summed E-state index contributed by atoms with van der Waals surface area (Å²) in [6.07, 6.45) is 6.25. The molecule has 2 rings (SSSR count). The molecule has 0 aliphatic heterocycles. The highest BCUT2D eigenvalue weighted by atomic mass is 16.5. The van der Waals surface area contributed by atoms with E-state index in [1.54, 1.807) is 6.26 Å². The number of aliphatic hydroxyl groups excluding tert-OH is 1. The zero-order valence-corrected chi connectivity index (χ0v) is 13.5. The lowest BCUT2D eigenvalue weighted by atomic mass is 10.1. The number of ether oxygens (including phenoxy) is 1. The van der Waals surface area contributed by atoms with E-state index in [0.717, 1.165) is 12.3 Å². The van der Waals surface area contributed by atoms with Crippen LogP contribution in [0.3, 0.4) is 0 Å². The van der Waals surface area contributed by atoms with Crippen molar-refractivity contribution in [2.75, 3.05) is 13.2 Å². The largest absolute Gasteiger partial charge is 0.468 e. The van der Waals surface area contributed by atoms with E-state index in [1.165, 1.54) is 25.7 Å². The van der Waals surface area contributed by atoms with Crippen molar-refractivity contribution in [3.63, 3.8) is 0 Å². The molecular weight excluding hydrogens is 266 g/mol. The molecule has 4 nitrogen and oxygen atoms in total. The molecule has 1 N–H and O–H groups in total. The van der Waals surface area contributed by atoms with Gasteiger partial charge in [-0.05, 0) is 45.7 Å². The van der Waals surface area contributed by atoms with Crippen LogP contribution in [-0.4, -0.2) is 40.9 Å². The monoisotopic (exact) mass is 295 g/mol. The summed E-state index contributed by atoms with van der Waals surface area (Å²) in [4.78, 5) is 2.35. The molecule has 1 atom stereocenters. The Hall–Kier alpha value is -0.840. The van der Waals surface area contributed by atoms with E-state index in [-0.39, 0.29) is 5.60 Å². The molecule has 120 valence electrons. The van der Waals surface area contributed by atoms with Crippen LogP contribution in [0.2, 0.25) is 0 Å². The quantitative estimate of drug-likeness (QED) is 0.839. The first-order valence-electron chi connectivity index (χ1n) is 8.02. The van der Waals surface area contributed by atoms with Crippen LogP contribution in [0.4, 0.5) is 0 Å². The molecule has 1 aromatic heterocycles. The van der Waals surface area contributed by atoms with Gasteiger partial charge in [0.25, 0.3) is 0 Å². The molecule has 0 bridgehead atoms. The lowest BCUT2D eigenvalue weighted by Gasteiger charge is -2.31. The number of hydrogen-bond acceptors (Lipinski definition) is 4. The van der Waals surface area contributed by atoms with E-state index in [1.807, 2.05) is 32.9 Å². The highest BCUT2D eigenvalue weighted by Gasteiger charge is 2.26. The van der Waals surface area contributed by atoms with Crippen molar-refractivity contribution in [1.82, 2.24) is 4.90 Å². The SMILES string of the molecule is CC(C)(C)OCC(O)CN(Cc1ccco1)C1CCCC1. The highest BCUT2D eigenvalue weighted by molar-refractivity contribution is 4.99. The molecule has 0 aromatic carbocycles. The van der Waals surface area contributed by atoms with Crippen LogP contribution < -0.4 is 0 Å². The highest BCUT2D eigenvalue weighted by Crippen LogP contribution is 2.25. The predicted octanol–water partition coefficient (Wildman–Crippen LogP) is 3.20. The second-order valence-electron chi connectivity index (χ2n) is 7.02. The molecule has 1 unspecified atom stereocenters. The van der Waals surface area contributed by atoms with Crippen LogP contribution in [0.1, 0.15) is 52.2 Å². The number of aliphatic hydroxyl groups is 1. The lowest BCUT2D eigenvalue weighted by Crippen LogP contribution is -2.41. The second-order valence-corrected chi connectivity index (χ2v) is 7.02. The van der Waals surface area contributed by atoms with Gasteiger partial charge < -0.3 is 14.3 Å². The first kappa shape index (κ1) is 16.5. The number of hydrogen-bond donors (Lipinski definition) is 1. The topological polar surface area (TPSA) is 45.8 Å². The zero-order valence-electron chi connectivity index (χ0n) is 13.5. The van der Waals surface area contributed by atoms with Crippen molar-refractivity contribution in [3.8, 4) is 0 Å². The Balaban J connectivity index is 1.88. The Bertz CT molecular complexity index is 391. The fourth-order valence-corrected chi connectivity index (χ4v) is 2.88. The summed E-state index contributed by atoms with van der Waals surface area (Å²) < 4.78 is 11.2. The van der Waals surface area contributed by atoms with Crippen molar-refractivity contribution >= 4 is 0 Å². The van der Waals surface area contributed by atoms with Crippen molar-refractivity contribution in [2.24, 2.45) is 0 Å². The number of nitrogens with zero attached hydrogens (tertiary/aromatic N) is 1. The van der Waals surface area contributed by atoms with Gasteiger partial charge in [-0.3, -0.25) is 4.90 Å². The fraction of sp³-hybridized carbons (Fsp3) is 0.765. The first-order chi connectivity index (χ1) is 9.94. The smallest absolute Gasteiger partial charge is 0.117 e. The normalized spacial score (nSPS) is 18.5. The van der Waals surface area contributed by atoms with Gasteiger partial charge in [-0.1, -0.05) is 12.8 Å². The summed E-state index contributed by atoms with van der Waals surface area (Å²) in [7, 11) is 0. The maximum absolute atomic E-state index is 10.3. The third-order valence-corrected chi connectivity index (χ3v) is 3.93. The maximum Gasteiger partial charge on any atom is 0.117 e. The Morgan fingerprint density at radius 2 is 2.10 bits per heavy atom. The van der Waals surface area contributed by atoms with Crippen molar-refractivity contribution in [2.45, 2.75) is 70.7 Å². The second kappa shape index (κ2) is 7.43. The molecule has 1 saturated carbocycles. The molecule has 1 fully saturated rings. The molecule has 0 amide bonds. The van der Waals surface area contributed by atoms with Crippen LogP contribution in [0.15, 0.2) is 22.8 Å². The Morgan fingerprint density at radius 3 is 2.67 bits per heavy atom. The van der Waals surface area contributed by atoms with E-state index < -0.39 is 6.10 Å². The van der Waals surface area contributed by atoms with Gasteiger partial charge in [0.05, 0.1) is 31.1 Å². The van der Waals surface area contributed by atoms with Gasteiger partial charge in [-0.25, -0.2) is 0 Å². The van der Waals surface area contributed by atoms with Gasteiger partial charge in [0, 0.05) is 12.6 Å². The molecular formula is C17H29NO3.